The summed E-state index contributed by atoms with van der Waals surface area (Å²) in [5.74, 6) is 1.31. The van der Waals surface area contributed by atoms with Crippen molar-refractivity contribution in [2.45, 2.75) is 40.2 Å². The number of aromatic nitrogens is 2. The number of hydrogen-bond acceptors (Lipinski definition) is 3. The minimum Gasteiger partial charge on any atom is -0.323 e. The molecule has 3 nitrogen and oxygen atoms in total. The molecule has 0 radical (unpaired) electrons. The number of thiophene rings is 1. The third-order valence-corrected chi connectivity index (χ3v) is 5.65. The highest BCUT2D eigenvalue weighted by Crippen LogP contribution is 2.37. The molecule has 1 fully saturated rings. The van der Waals surface area contributed by atoms with E-state index in [1.807, 2.05) is 13.8 Å². The SMILES string of the molecule is Cc1sc2[nH]c(=S)n(CC(C)C3CC3)c(=O)c2c1C. The van der Waals surface area contributed by atoms with E-state index < -0.39 is 0 Å². The normalized spacial score (nSPS) is 17.0. The minimum absolute atomic E-state index is 0.0769. The molecule has 2 aromatic heterocycles. The number of rotatable bonds is 3. The number of H-pyrrole nitrogens is 1. The summed E-state index contributed by atoms with van der Waals surface area (Å²) in [5, 5.41) is 0.819. The number of aromatic amines is 1. The average Bonchev–Trinajstić information content (AvgIpc) is 3.14. The third-order valence-electron chi connectivity index (χ3n) is 4.21. The molecule has 0 bridgehead atoms. The monoisotopic (exact) mass is 294 g/mol. The highest BCUT2D eigenvalue weighted by molar-refractivity contribution is 7.71. The summed E-state index contributed by atoms with van der Waals surface area (Å²) in [6.45, 7) is 7.02. The molecule has 1 N–H and O–H groups in total. The minimum atomic E-state index is 0.0769. The molecule has 1 atom stereocenters. The van der Waals surface area contributed by atoms with Crippen molar-refractivity contribution in [3.63, 3.8) is 0 Å². The second kappa shape index (κ2) is 4.56. The van der Waals surface area contributed by atoms with Gasteiger partial charge in [0.15, 0.2) is 4.77 Å². The van der Waals surface area contributed by atoms with E-state index in [1.165, 1.54) is 17.7 Å². The van der Waals surface area contributed by atoms with Crippen molar-refractivity contribution in [1.82, 2.24) is 9.55 Å². The van der Waals surface area contributed by atoms with Crippen molar-refractivity contribution in [3.05, 3.63) is 25.6 Å². The first-order valence-electron chi connectivity index (χ1n) is 6.72. The van der Waals surface area contributed by atoms with Crippen molar-refractivity contribution in [2.75, 3.05) is 0 Å². The van der Waals surface area contributed by atoms with Crippen LogP contribution in [0.2, 0.25) is 0 Å². The summed E-state index contributed by atoms with van der Waals surface area (Å²) in [5.41, 5.74) is 1.16. The lowest BCUT2D eigenvalue weighted by Crippen LogP contribution is -2.25. The van der Waals surface area contributed by atoms with Crippen LogP contribution in [0.5, 0.6) is 0 Å². The fraction of sp³-hybridized carbons (Fsp3) is 0.571. The van der Waals surface area contributed by atoms with E-state index >= 15 is 0 Å². The average molecular weight is 294 g/mol. The largest absolute Gasteiger partial charge is 0.323 e. The lowest BCUT2D eigenvalue weighted by atomic mass is 10.1. The van der Waals surface area contributed by atoms with Crippen LogP contribution in [-0.2, 0) is 6.54 Å². The number of hydrogen-bond donors (Lipinski definition) is 1. The highest BCUT2D eigenvalue weighted by Gasteiger charge is 2.28. The smallest absolute Gasteiger partial charge is 0.263 e. The fourth-order valence-electron chi connectivity index (χ4n) is 2.63. The van der Waals surface area contributed by atoms with Crippen LogP contribution >= 0.6 is 23.6 Å². The van der Waals surface area contributed by atoms with Gasteiger partial charge in [-0.05, 0) is 56.3 Å². The Morgan fingerprint density at radius 3 is 2.79 bits per heavy atom. The van der Waals surface area contributed by atoms with Gasteiger partial charge >= 0.3 is 0 Å². The Morgan fingerprint density at radius 2 is 2.16 bits per heavy atom. The zero-order chi connectivity index (χ0) is 13.7. The van der Waals surface area contributed by atoms with Gasteiger partial charge in [-0.2, -0.15) is 0 Å². The Morgan fingerprint density at radius 1 is 1.47 bits per heavy atom. The second-order valence-electron chi connectivity index (χ2n) is 5.65. The third kappa shape index (κ3) is 2.19. The molecule has 1 unspecified atom stereocenters. The predicted octanol–water partition coefficient (Wildman–Crippen LogP) is 3.78. The Balaban J connectivity index is 2.16. The van der Waals surface area contributed by atoms with Crippen molar-refractivity contribution >= 4 is 33.8 Å². The molecule has 1 saturated carbocycles. The van der Waals surface area contributed by atoms with Gasteiger partial charge in [-0.25, -0.2) is 0 Å². The van der Waals surface area contributed by atoms with Crippen molar-refractivity contribution in [2.24, 2.45) is 11.8 Å². The van der Waals surface area contributed by atoms with E-state index in [4.69, 9.17) is 12.2 Å². The summed E-state index contributed by atoms with van der Waals surface area (Å²) >= 11 is 6.98. The predicted molar refractivity (Wildman–Crippen MR) is 82.6 cm³/mol. The molecule has 0 aliphatic heterocycles. The van der Waals surface area contributed by atoms with Crippen LogP contribution < -0.4 is 5.56 Å². The van der Waals surface area contributed by atoms with Crippen LogP contribution in [0.4, 0.5) is 0 Å². The molecule has 1 aliphatic rings. The van der Waals surface area contributed by atoms with Crippen molar-refractivity contribution in [1.29, 1.82) is 0 Å². The number of fused-ring (bicyclic) bond motifs is 1. The van der Waals surface area contributed by atoms with E-state index in [0.717, 1.165) is 28.2 Å². The van der Waals surface area contributed by atoms with Gasteiger partial charge in [-0.1, -0.05) is 6.92 Å². The van der Waals surface area contributed by atoms with Gasteiger partial charge in [-0.3, -0.25) is 9.36 Å². The molecular formula is C14H18N2OS2. The summed E-state index contributed by atoms with van der Waals surface area (Å²) in [6, 6.07) is 0. The molecule has 0 spiro atoms. The number of nitrogens with one attached hydrogen (secondary N) is 1. The molecule has 102 valence electrons. The van der Waals surface area contributed by atoms with Crippen molar-refractivity contribution in [3.8, 4) is 0 Å². The van der Waals surface area contributed by atoms with Gasteiger partial charge in [0.1, 0.15) is 4.83 Å². The first kappa shape index (κ1) is 13.1. The molecule has 2 heterocycles. The molecule has 19 heavy (non-hydrogen) atoms. The lowest BCUT2D eigenvalue weighted by molar-refractivity contribution is 0.419. The molecule has 0 saturated heterocycles. The fourth-order valence-corrected chi connectivity index (χ4v) is 4.01. The van der Waals surface area contributed by atoms with Gasteiger partial charge in [0.2, 0.25) is 0 Å². The van der Waals surface area contributed by atoms with E-state index in [1.54, 1.807) is 15.9 Å². The summed E-state index contributed by atoms with van der Waals surface area (Å²) in [4.78, 5) is 18.0. The van der Waals surface area contributed by atoms with Crippen LogP contribution in [0.15, 0.2) is 4.79 Å². The van der Waals surface area contributed by atoms with Crippen LogP contribution in [0, 0.1) is 30.5 Å². The lowest BCUT2D eigenvalue weighted by Gasteiger charge is -2.12. The molecule has 0 amide bonds. The van der Waals surface area contributed by atoms with E-state index in [-0.39, 0.29) is 5.56 Å². The maximum Gasteiger partial charge on any atom is 0.263 e. The Hall–Kier alpha value is -0.940. The molecule has 3 rings (SSSR count). The van der Waals surface area contributed by atoms with E-state index in [2.05, 4.69) is 11.9 Å². The first-order valence-corrected chi connectivity index (χ1v) is 7.94. The Bertz CT molecular complexity index is 749. The van der Waals surface area contributed by atoms with Crippen molar-refractivity contribution < 1.29 is 0 Å². The van der Waals surface area contributed by atoms with E-state index in [0.29, 0.717) is 10.7 Å². The molecule has 0 aromatic carbocycles. The maximum absolute atomic E-state index is 12.6. The summed E-state index contributed by atoms with van der Waals surface area (Å²) < 4.78 is 2.31. The second-order valence-corrected chi connectivity index (χ2v) is 7.26. The molecule has 2 aromatic rings. The number of nitrogens with zero attached hydrogens (tertiary/aromatic N) is 1. The molecule has 1 aliphatic carbocycles. The zero-order valence-electron chi connectivity index (χ0n) is 11.4. The standard InChI is InChI=1S/C14H18N2OS2/c1-7(10-4-5-10)6-16-13(17)11-8(2)9(3)19-12(11)15-14(16)18/h7,10H,4-6H2,1-3H3,(H,15,18). The topological polar surface area (TPSA) is 37.8 Å². The quantitative estimate of drug-likeness (QED) is 0.875. The van der Waals surface area contributed by atoms with Gasteiger partial charge in [-0.15, -0.1) is 11.3 Å². The molecular weight excluding hydrogens is 276 g/mol. The van der Waals surface area contributed by atoms with Gasteiger partial charge in [0, 0.05) is 11.4 Å². The Labute approximate surface area is 121 Å². The van der Waals surface area contributed by atoms with Crippen LogP contribution in [0.25, 0.3) is 10.2 Å². The van der Waals surface area contributed by atoms with Gasteiger partial charge in [0.25, 0.3) is 5.56 Å². The zero-order valence-corrected chi connectivity index (χ0v) is 13.1. The van der Waals surface area contributed by atoms with Crippen LogP contribution in [-0.4, -0.2) is 9.55 Å². The summed E-state index contributed by atoms with van der Waals surface area (Å²) in [7, 11) is 0. The van der Waals surface area contributed by atoms with Crippen LogP contribution in [0.1, 0.15) is 30.2 Å². The van der Waals surface area contributed by atoms with Gasteiger partial charge < -0.3 is 4.98 Å². The van der Waals surface area contributed by atoms with Crippen LogP contribution in [0.3, 0.4) is 0 Å². The molecule has 5 heteroatoms. The van der Waals surface area contributed by atoms with Gasteiger partial charge in [0.05, 0.1) is 5.39 Å². The first-order chi connectivity index (χ1) is 8.99. The maximum atomic E-state index is 12.6. The summed E-state index contributed by atoms with van der Waals surface area (Å²) in [6.07, 6.45) is 2.59. The highest BCUT2D eigenvalue weighted by atomic mass is 32.1. The Kier molecular flexibility index (Phi) is 3.14. The van der Waals surface area contributed by atoms with E-state index in [9.17, 15) is 4.79 Å². The number of aryl methyl sites for hydroxylation is 2.